The minimum absolute atomic E-state index is 0.746. The Bertz CT molecular complexity index is 602. The summed E-state index contributed by atoms with van der Waals surface area (Å²) < 4.78 is 2.40. The summed E-state index contributed by atoms with van der Waals surface area (Å²) in [5, 5.41) is 0. The summed E-state index contributed by atoms with van der Waals surface area (Å²) in [5.74, 6) is 1.93. The van der Waals surface area contributed by atoms with Crippen LogP contribution in [-0.4, -0.2) is 34.1 Å². The highest BCUT2D eigenvalue weighted by atomic mass is 15.2. The SMILES string of the molecule is CCc1nc2cc(N)ccc2n1CC1CCN(CC)C1. The third-order valence-electron chi connectivity index (χ3n) is 4.43. The van der Waals surface area contributed by atoms with Crippen molar-refractivity contribution in [1.29, 1.82) is 0 Å². The molecule has 1 aliphatic rings. The first-order chi connectivity index (χ1) is 9.71. The minimum atomic E-state index is 0.746. The standard InChI is InChI=1S/C16H24N4/c1-3-16-18-14-9-13(17)5-6-15(14)20(16)11-12-7-8-19(4-2)10-12/h5-6,9,12H,3-4,7-8,10-11,17H2,1-2H3. The zero-order valence-corrected chi connectivity index (χ0v) is 12.5. The van der Waals surface area contributed by atoms with Gasteiger partial charge in [-0.05, 0) is 43.6 Å². The molecule has 0 aliphatic carbocycles. The number of benzene rings is 1. The van der Waals surface area contributed by atoms with E-state index in [0.717, 1.165) is 30.1 Å². The first-order valence-electron chi connectivity index (χ1n) is 7.68. The maximum Gasteiger partial charge on any atom is 0.109 e. The molecular weight excluding hydrogens is 248 g/mol. The summed E-state index contributed by atoms with van der Waals surface area (Å²) in [4.78, 5) is 7.28. The molecule has 20 heavy (non-hydrogen) atoms. The van der Waals surface area contributed by atoms with E-state index >= 15 is 0 Å². The molecule has 0 saturated carbocycles. The third kappa shape index (κ3) is 2.40. The van der Waals surface area contributed by atoms with Crippen molar-refractivity contribution in [2.45, 2.75) is 33.2 Å². The van der Waals surface area contributed by atoms with E-state index in [4.69, 9.17) is 10.7 Å². The van der Waals surface area contributed by atoms with Crippen LogP contribution in [0.5, 0.6) is 0 Å². The molecule has 1 atom stereocenters. The lowest BCUT2D eigenvalue weighted by Crippen LogP contribution is -2.21. The van der Waals surface area contributed by atoms with Gasteiger partial charge in [0.15, 0.2) is 0 Å². The van der Waals surface area contributed by atoms with Crippen molar-refractivity contribution in [3.63, 3.8) is 0 Å². The van der Waals surface area contributed by atoms with Crippen LogP contribution in [0.1, 0.15) is 26.1 Å². The topological polar surface area (TPSA) is 47.1 Å². The maximum absolute atomic E-state index is 5.87. The number of anilines is 1. The second kappa shape index (κ2) is 5.44. The summed E-state index contributed by atoms with van der Waals surface area (Å²) in [6.07, 6.45) is 2.27. The van der Waals surface area contributed by atoms with Crippen LogP contribution in [0.4, 0.5) is 5.69 Å². The number of imidazole rings is 1. The molecule has 108 valence electrons. The summed E-state index contributed by atoms with van der Waals surface area (Å²) in [5.41, 5.74) is 8.93. The zero-order valence-electron chi connectivity index (χ0n) is 12.5. The largest absolute Gasteiger partial charge is 0.399 e. The lowest BCUT2D eigenvalue weighted by Gasteiger charge is -2.15. The van der Waals surface area contributed by atoms with E-state index in [0.29, 0.717) is 0 Å². The zero-order chi connectivity index (χ0) is 14.1. The Kier molecular flexibility index (Phi) is 3.66. The number of likely N-dealkylation sites (tertiary alicyclic amines) is 1. The molecule has 1 unspecified atom stereocenters. The first-order valence-corrected chi connectivity index (χ1v) is 7.68. The molecular formula is C16H24N4. The van der Waals surface area contributed by atoms with Crippen molar-refractivity contribution in [2.24, 2.45) is 5.92 Å². The van der Waals surface area contributed by atoms with E-state index in [2.05, 4.69) is 29.4 Å². The molecule has 2 heterocycles. The number of fused-ring (bicyclic) bond motifs is 1. The molecule has 2 N–H and O–H groups in total. The fourth-order valence-corrected chi connectivity index (χ4v) is 3.28. The van der Waals surface area contributed by atoms with Crippen LogP contribution in [0.3, 0.4) is 0 Å². The van der Waals surface area contributed by atoms with Crippen molar-refractivity contribution in [1.82, 2.24) is 14.5 Å². The Morgan fingerprint density at radius 1 is 1.35 bits per heavy atom. The second-order valence-corrected chi connectivity index (χ2v) is 5.79. The Balaban J connectivity index is 1.90. The Hall–Kier alpha value is -1.55. The van der Waals surface area contributed by atoms with Crippen LogP contribution < -0.4 is 5.73 Å². The number of aromatic nitrogens is 2. The van der Waals surface area contributed by atoms with Gasteiger partial charge in [-0.15, -0.1) is 0 Å². The second-order valence-electron chi connectivity index (χ2n) is 5.79. The number of rotatable bonds is 4. The molecule has 1 fully saturated rings. The Labute approximate surface area is 120 Å². The van der Waals surface area contributed by atoms with E-state index in [9.17, 15) is 0 Å². The van der Waals surface area contributed by atoms with E-state index < -0.39 is 0 Å². The van der Waals surface area contributed by atoms with Crippen molar-refractivity contribution in [3.05, 3.63) is 24.0 Å². The average Bonchev–Trinajstić information content (AvgIpc) is 3.03. The van der Waals surface area contributed by atoms with Crippen LogP contribution in [0.2, 0.25) is 0 Å². The van der Waals surface area contributed by atoms with Crippen molar-refractivity contribution < 1.29 is 0 Å². The van der Waals surface area contributed by atoms with Gasteiger partial charge in [0.25, 0.3) is 0 Å². The highest BCUT2D eigenvalue weighted by Crippen LogP contribution is 2.24. The van der Waals surface area contributed by atoms with Gasteiger partial charge in [0.05, 0.1) is 11.0 Å². The number of hydrogen-bond donors (Lipinski definition) is 1. The van der Waals surface area contributed by atoms with Gasteiger partial charge in [0.1, 0.15) is 5.82 Å². The van der Waals surface area contributed by atoms with E-state index in [1.165, 1.54) is 37.4 Å². The van der Waals surface area contributed by atoms with E-state index in [1.807, 2.05) is 12.1 Å². The summed E-state index contributed by atoms with van der Waals surface area (Å²) >= 11 is 0. The van der Waals surface area contributed by atoms with Gasteiger partial charge in [-0.1, -0.05) is 13.8 Å². The van der Waals surface area contributed by atoms with Crippen LogP contribution in [0, 0.1) is 5.92 Å². The quantitative estimate of drug-likeness (QED) is 0.870. The van der Waals surface area contributed by atoms with Gasteiger partial charge in [-0.25, -0.2) is 4.98 Å². The third-order valence-corrected chi connectivity index (χ3v) is 4.43. The summed E-state index contributed by atoms with van der Waals surface area (Å²) in [6.45, 7) is 9.12. The maximum atomic E-state index is 5.87. The minimum Gasteiger partial charge on any atom is -0.399 e. The molecule has 1 aromatic carbocycles. The average molecular weight is 272 g/mol. The fourth-order valence-electron chi connectivity index (χ4n) is 3.28. The predicted octanol–water partition coefficient (Wildman–Crippen LogP) is 2.52. The molecule has 1 aromatic heterocycles. The molecule has 4 nitrogen and oxygen atoms in total. The smallest absolute Gasteiger partial charge is 0.109 e. The van der Waals surface area contributed by atoms with Crippen molar-refractivity contribution in [2.75, 3.05) is 25.4 Å². The van der Waals surface area contributed by atoms with Crippen LogP contribution in [0.15, 0.2) is 18.2 Å². The molecule has 4 heteroatoms. The number of nitrogens with zero attached hydrogens (tertiary/aromatic N) is 3. The van der Waals surface area contributed by atoms with Gasteiger partial charge in [0, 0.05) is 25.2 Å². The molecule has 0 spiro atoms. The van der Waals surface area contributed by atoms with Crippen molar-refractivity contribution >= 4 is 16.7 Å². The van der Waals surface area contributed by atoms with E-state index in [-0.39, 0.29) is 0 Å². The lowest BCUT2D eigenvalue weighted by atomic mass is 10.1. The number of nitrogens with two attached hydrogens (primary N) is 1. The van der Waals surface area contributed by atoms with Gasteiger partial charge < -0.3 is 15.2 Å². The highest BCUT2D eigenvalue weighted by Gasteiger charge is 2.23. The normalized spacial score (nSPS) is 20.0. The highest BCUT2D eigenvalue weighted by molar-refractivity contribution is 5.79. The van der Waals surface area contributed by atoms with Gasteiger partial charge in [-0.2, -0.15) is 0 Å². The fraction of sp³-hybridized carbons (Fsp3) is 0.562. The van der Waals surface area contributed by atoms with Crippen LogP contribution in [0.25, 0.3) is 11.0 Å². The summed E-state index contributed by atoms with van der Waals surface area (Å²) in [6, 6.07) is 6.08. The number of hydrogen-bond acceptors (Lipinski definition) is 3. The molecule has 1 aliphatic heterocycles. The first kappa shape index (κ1) is 13.4. The number of nitrogen functional groups attached to an aromatic ring is 1. The van der Waals surface area contributed by atoms with Gasteiger partial charge in [0.2, 0.25) is 0 Å². The Morgan fingerprint density at radius 2 is 2.20 bits per heavy atom. The van der Waals surface area contributed by atoms with Gasteiger partial charge in [-0.3, -0.25) is 0 Å². The van der Waals surface area contributed by atoms with Crippen LogP contribution >= 0.6 is 0 Å². The molecule has 0 amide bonds. The van der Waals surface area contributed by atoms with E-state index in [1.54, 1.807) is 0 Å². The van der Waals surface area contributed by atoms with Crippen molar-refractivity contribution in [3.8, 4) is 0 Å². The number of aryl methyl sites for hydroxylation is 1. The lowest BCUT2D eigenvalue weighted by molar-refractivity contribution is 0.332. The summed E-state index contributed by atoms with van der Waals surface area (Å²) in [7, 11) is 0. The predicted molar refractivity (Wildman–Crippen MR) is 83.7 cm³/mol. The van der Waals surface area contributed by atoms with Crippen LogP contribution in [-0.2, 0) is 13.0 Å². The Morgan fingerprint density at radius 3 is 2.90 bits per heavy atom. The molecule has 1 saturated heterocycles. The van der Waals surface area contributed by atoms with Gasteiger partial charge >= 0.3 is 0 Å². The molecule has 0 radical (unpaired) electrons. The molecule has 0 bridgehead atoms. The molecule has 2 aromatic rings. The monoisotopic (exact) mass is 272 g/mol. The molecule has 3 rings (SSSR count).